The predicted octanol–water partition coefficient (Wildman–Crippen LogP) is 1.60. The normalized spacial score (nSPS) is 22.9. The molecule has 1 saturated heterocycles. The van der Waals surface area contributed by atoms with Crippen molar-refractivity contribution in [2.75, 3.05) is 13.1 Å². The molecular weight excluding hydrogens is 306 g/mol. The number of ether oxygens (including phenoxy) is 2. The maximum absolute atomic E-state index is 12.7. The molecule has 0 unspecified atom stereocenters. The van der Waals surface area contributed by atoms with Gasteiger partial charge in [0.15, 0.2) is 0 Å². The van der Waals surface area contributed by atoms with Crippen LogP contribution in [-0.4, -0.2) is 46.3 Å². The van der Waals surface area contributed by atoms with Gasteiger partial charge in [-0.15, -0.1) is 5.10 Å². The summed E-state index contributed by atoms with van der Waals surface area (Å²) in [7, 11) is 0. The lowest BCUT2D eigenvalue weighted by Gasteiger charge is -2.28. The number of fused-ring (bicyclic) bond motifs is 1. The molecule has 0 spiro atoms. The molecule has 6 heteroatoms. The third-order valence-corrected chi connectivity index (χ3v) is 4.53. The maximum atomic E-state index is 12.7. The van der Waals surface area contributed by atoms with Crippen LogP contribution in [0.4, 0.5) is 0 Å². The highest BCUT2D eigenvalue weighted by Gasteiger charge is 2.34. The van der Waals surface area contributed by atoms with Gasteiger partial charge in [0.05, 0.1) is 13.2 Å². The Morgan fingerprint density at radius 3 is 2.92 bits per heavy atom. The topological polar surface area (TPSA) is 64.5 Å². The lowest BCUT2D eigenvalue weighted by molar-refractivity contribution is -0.144. The number of amides is 1. The molecule has 0 bridgehead atoms. The van der Waals surface area contributed by atoms with Crippen molar-refractivity contribution < 1.29 is 14.3 Å². The molecule has 24 heavy (non-hydrogen) atoms. The van der Waals surface area contributed by atoms with Gasteiger partial charge in [0.1, 0.15) is 12.2 Å². The zero-order chi connectivity index (χ0) is 16.4. The summed E-state index contributed by atoms with van der Waals surface area (Å²) in [5, 5.41) is 7.73. The Morgan fingerprint density at radius 2 is 2.08 bits per heavy atom. The first kappa shape index (κ1) is 15.1. The minimum absolute atomic E-state index is 0.0403. The van der Waals surface area contributed by atoms with Crippen LogP contribution in [0.25, 0.3) is 0 Å². The van der Waals surface area contributed by atoms with Crippen LogP contribution < -0.4 is 4.74 Å². The summed E-state index contributed by atoms with van der Waals surface area (Å²) < 4.78 is 11.6. The Morgan fingerprint density at radius 1 is 1.21 bits per heavy atom. The summed E-state index contributed by atoms with van der Waals surface area (Å²) in [6.45, 7) is 1.75. The van der Waals surface area contributed by atoms with E-state index in [-0.39, 0.29) is 12.0 Å². The first-order valence-corrected chi connectivity index (χ1v) is 8.21. The van der Waals surface area contributed by atoms with Gasteiger partial charge in [-0.2, -0.15) is 5.10 Å². The highest BCUT2D eigenvalue weighted by molar-refractivity contribution is 5.82. The van der Waals surface area contributed by atoms with E-state index in [4.69, 9.17) is 9.47 Å². The molecule has 2 aromatic rings. The molecule has 0 aliphatic carbocycles. The van der Waals surface area contributed by atoms with Crippen LogP contribution in [0.5, 0.6) is 5.88 Å². The van der Waals surface area contributed by atoms with Crippen LogP contribution in [0.15, 0.2) is 42.6 Å². The predicted molar refractivity (Wildman–Crippen MR) is 86.4 cm³/mol. The van der Waals surface area contributed by atoms with Gasteiger partial charge in [0.2, 0.25) is 5.88 Å². The zero-order valence-corrected chi connectivity index (χ0v) is 13.3. The van der Waals surface area contributed by atoms with Crippen LogP contribution in [0.1, 0.15) is 17.5 Å². The molecule has 0 N–H and O–H groups in total. The molecule has 3 heterocycles. The fourth-order valence-corrected chi connectivity index (χ4v) is 3.25. The fraction of sp³-hybridized carbons (Fsp3) is 0.389. The van der Waals surface area contributed by atoms with Crippen LogP contribution in [0, 0.1) is 0 Å². The van der Waals surface area contributed by atoms with Gasteiger partial charge >= 0.3 is 0 Å². The minimum atomic E-state index is -0.393. The molecule has 2 aliphatic heterocycles. The van der Waals surface area contributed by atoms with Crippen molar-refractivity contribution in [3.8, 4) is 5.88 Å². The van der Waals surface area contributed by atoms with E-state index >= 15 is 0 Å². The van der Waals surface area contributed by atoms with Crippen LogP contribution in [-0.2, 0) is 22.6 Å². The van der Waals surface area contributed by atoms with Gasteiger partial charge < -0.3 is 14.4 Å². The Hall–Kier alpha value is -2.47. The van der Waals surface area contributed by atoms with Gasteiger partial charge in [-0.1, -0.05) is 24.3 Å². The molecule has 4 rings (SSSR count). The van der Waals surface area contributed by atoms with Crippen LogP contribution in [0.3, 0.4) is 0 Å². The molecule has 0 radical (unpaired) electrons. The van der Waals surface area contributed by atoms with Crippen molar-refractivity contribution in [2.24, 2.45) is 0 Å². The number of benzene rings is 1. The number of rotatable bonds is 3. The van der Waals surface area contributed by atoms with Crippen molar-refractivity contribution in [1.29, 1.82) is 0 Å². The molecule has 1 amide bonds. The summed E-state index contributed by atoms with van der Waals surface area (Å²) >= 11 is 0. The van der Waals surface area contributed by atoms with E-state index < -0.39 is 6.10 Å². The molecule has 2 atom stereocenters. The average molecular weight is 325 g/mol. The number of aromatic nitrogens is 2. The first-order chi connectivity index (χ1) is 11.8. The van der Waals surface area contributed by atoms with E-state index in [1.807, 2.05) is 17.0 Å². The fourth-order valence-electron chi connectivity index (χ4n) is 3.25. The molecule has 1 fully saturated rings. The second-order valence-electron chi connectivity index (χ2n) is 6.15. The first-order valence-electron chi connectivity index (χ1n) is 8.21. The Labute approximate surface area is 140 Å². The molecule has 6 nitrogen and oxygen atoms in total. The largest absolute Gasteiger partial charge is 0.471 e. The van der Waals surface area contributed by atoms with Crippen molar-refractivity contribution >= 4 is 5.91 Å². The summed E-state index contributed by atoms with van der Waals surface area (Å²) in [5.74, 6) is 0.550. The van der Waals surface area contributed by atoms with E-state index in [1.54, 1.807) is 18.3 Å². The summed E-state index contributed by atoms with van der Waals surface area (Å²) in [5.41, 5.74) is 2.38. The summed E-state index contributed by atoms with van der Waals surface area (Å²) in [6.07, 6.45) is 2.61. The zero-order valence-electron chi connectivity index (χ0n) is 13.3. The summed E-state index contributed by atoms with van der Waals surface area (Å²) in [6, 6.07) is 11.7. The number of hydrogen-bond acceptors (Lipinski definition) is 5. The molecular formula is C18H19N3O3. The number of hydrogen-bond donors (Lipinski definition) is 0. The number of carbonyl (C=O) groups is 1. The Balaban J connectivity index is 1.36. The van der Waals surface area contributed by atoms with E-state index in [0.29, 0.717) is 32.0 Å². The van der Waals surface area contributed by atoms with Crippen molar-refractivity contribution in [2.45, 2.75) is 31.7 Å². The van der Waals surface area contributed by atoms with Crippen molar-refractivity contribution in [3.63, 3.8) is 0 Å². The van der Waals surface area contributed by atoms with E-state index in [2.05, 4.69) is 22.3 Å². The molecule has 1 aromatic heterocycles. The lowest BCUT2D eigenvalue weighted by atomic mass is 9.98. The second kappa shape index (κ2) is 6.57. The summed E-state index contributed by atoms with van der Waals surface area (Å²) in [4.78, 5) is 14.6. The van der Waals surface area contributed by atoms with Gasteiger partial charge in [-0.25, -0.2) is 0 Å². The lowest BCUT2D eigenvalue weighted by Crippen LogP contribution is -2.42. The van der Waals surface area contributed by atoms with Crippen molar-refractivity contribution in [1.82, 2.24) is 15.1 Å². The van der Waals surface area contributed by atoms with Crippen LogP contribution >= 0.6 is 0 Å². The van der Waals surface area contributed by atoms with E-state index in [0.717, 1.165) is 6.42 Å². The number of carbonyl (C=O) groups excluding carboxylic acids is 1. The minimum Gasteiger partial charge on any atom is -0.471 e. The Bertz CT molecular complexity index is 722. The third kappa shape index (κ3) is 3.10. The quantitative estimate of drug-likeness (QED) is 0.857. The average Bonchev–Trinajstić information content (AvgIpc) is 3.10. The van der Waals surface area contributed by atoms with Crippen LogP contribution in [0.2, 0.25) is 0 Å². The monoisotopic (exact) mass is 325 g/mol. The molecule has 0 saturated carbocycles. The molecule has 124 valence electrons. The smallest absolute Gasteiger partial charge is 0.252 e. The SMILES string of the molecule is O=C([C@@H]1Cc2ccccc2CO1)N1CC[C@H](Oc2cccnn2)C1. The van der Waals surface area contributed by atoms with Gasteiger partial charge in [0.25, 0.3) is 5.91 Å². The maximum Gasteiger partial charge on any atom is 0.252 e. The highest BCUT2D eigenvalue weighted by atomic mass is 16.5. The van der Waals surface area contributed by atoms with Gasteiger partial charge in [-0.05, 0) is 17.2 Å². The van der Waals surface area contributed by atoms with Gasteiger partial charge in [0, 0.05) is 31.6 Å². The van der Waals surface area contributed by atoms with Crippen molar-refractivity contribution in [3.05, 3.63) is 53.7 Å². The standard InChI is InChI=1S/C18H19N3O3/c22-18(16-10-13-4-1-2-5-14(13)12-23-16)21-9-7-15(11-21)24-17-6-3-8-19-20-17/h1-6,8,15-16H,7,9-12H2/t15-,16-/m0/s1. The Kier molecular flexibility index (Phi) is 4.13. The number of nitrogens with zero attached hydrogens (tertiary/aromatic N) is 3. The van der Waals surface area contributed by atoms with E-state index in [1.165, 1.54) is 11.1 Å². The molecule has 2 aliphatic rings. The third-order valence-electron chi connectivity index (χ3n) is 4.53. The highest BCUT2D eigenvalue weighted by Crippen LogP contribution is 2.23. The number of likely N-dealkylation sites (tertiary alicyclic amines) is 1. The molecule has 1 aromatic carbocycles. The second-order valence-corrected chi connectivity index (χ2v) is 6.15. The van der Waals surface area contributed by atoms with E-state index in [9.17, 15) is 4.79 Å². The van der Waals surface area contributed by atoms with Gasteiger partial charge in [-0.3, -0.25) is 4.79 Å².